The summed E-state index contributed by atoms with van der Waals surface area (Å²) < 4.78 is 9.81. The number of hydrogen-bond donors (Lipinski definition) is 0. The molecule has 0 aliphatic heterocycles. The molecule has 13 heavy (non-hydrogen) atoms. The zero-order chi connectivity index (χ0) is 10.3. The predicted octanol–water partition coefficient (Wildman–Crippen LogP) is 2.25. The zero-order valence-electron chi connectivity index (χ0n) is 8.17. The molecule has 4 heteroatoms. The van der Waals surface area contributed by atoms with E-state index in [-0.39, 0.29) is 17.2 Å². The Morgan fingerprint density at radius 1 is 1.62 bits per heavy atom. The Hall–Kier alpha value is -0.510. The van der Waals surface area contributed by atoms with Crippen molar-refractivity contribution >= 4 is 21.9 Å². The third-order valence-electron chi connectivity index (χ3n) is 1.40. The van der Waals surface area contributed by atoms with Gasteiger partial charge in [0.25, 0.3) is 0 Å². The summed E-state index contributed by atoms with van der Waals surface area (Å²) in [7, 11) is 1.58. The Balaban J connectivity index is 3.99. The number of hydrogen-bond acceptors (Lipinski definition) is 3. The van der Waals surface area contributed by atoms with Gasteiger partial charge < -0.3 is 9.47 Å². The fraction of sp³-hybridized carbons (Fsp3) is 0.667. The van der Waals surface area contributed by atoms with Crippen molar-refractivity contribution in [3.05, 3.63) is 11.8 Å². The van der Waals surface area contributed by atoms with E-state index >= 15 is 0 Å². The lowest BCUT2D eigenvalue weighted by molar-refractivity contribution is -0.142. The molecule has 3 nitrogen and oxygen atoms in total. The smallest absolute Gasteiger partial charge is 0.309 e. The van der Waals surface area contributed by atoms with Gasteiger partial charge in [0.2, 0.25) is 0 Å². The van der Waals surface area contributed by atoms with Gasteiger partial charge in [-0.2, -0.15) is 0 Å². The SMILES string of the molecule is CCOC(=O)C/C=C(\OC)C(C)Br. The zero-order valence-corrected chi connectivity index (χ0v) is 9.76. The molecule has 0 saturated heterocycles. The van der Waals surface area contributed by atoms with E-state index in [0.29, 0.717) is 6.61 Å². The van der Waals surface area contributed by atoms with Gasteiger partial charge in [-0.1, -0.05) is 15.9 Å². The number of allylic oxidation sites excluding steroid dienone is 1. The highest BCUT2D eigenvalue weighted by molar-refractivity contribution is 9.09. The number of ether oxygens (including phenoxy) is 2. The molecule has 0 spiro atoms. The highest BCUT2D eigenvalue weighted by Gasteiger charge is 2.05. The molecule has 0 radical (unpaired) electrons. The van der Waals surface area contributed by atoms with E-state index in [1.807, 2.05) is 6.92 Å². The summed E-state index contributed by atoms with van der Waals surface area (Å²) in [6.45, 7) is 4.13. The molecule has 0 aromatic heterocycles. The molecule has 0 rings (SSSR count). The minimum absolute atomic E-state index is 0.118. The van der Waals surface area contributed by atoms with Gasteiger partial charge in [-0.15, -0.1) is 0 Å². The molecule has 0 N–H and O–H groups in total. The van der Waals surface area contributed by atoms with Crippen molar-refractivity contribution < 1.29 is 14.3 Å². The van der Waals surface area contributed by atoms with E-state index in [9.17, 15) is 4.79 Å². The molecule has 0 bridgehead atoms. The Morgan fingerprint density at radius 2 is 2.23 bits per heavy atom. The number of rotatable bonds is 5. The van der Waals surface area contributed by atoms with Crippen LogP contribution in [0, 0.1) is 0 Å². The normalized spacial score (nSPS) is 13.7. The molecule has 0 saturated carbocycles. The maximum absolute atomic E-state index is 10.9. The van der Waals surface area contributed by atoms with Crippen molar-refractivity contribution in [2.75, 3.05) is 13.7 Å². The van der Waals surface area contributed by atoms with E-state index in [2.05, 4.69) is 15.9 Å². The highest BCUT2D eigenvalue weighted by atomic mass is 79.9. The van der Waals surface area contributed by atoms with Crippen molar-refractivity contribution in [1.29, 1.82) is 0 Å². The van der Waals surface area contributed by atoms with Crippen LogP contribution in [0.4, 0.5) is 0 Å². The van der Waals surface area contributed by atoms with Gasteiger partial charge in [-0.25, -0.2) is 0 Å². The number of carbonyl (C=O) groups excluding carboxylic acids is 1. The van der Waals surface area contributed by atoms with Crippen LogP contribution in [0.1, 0.15) is 20.3 Å². The summed E-state index contributed by atoms with van der Waals surface area (Å²) in [5.74, 6) is 0.512. The molecule has 1 unspecified atom stereocenters. The maximum Gasteiger partial charge on any atom is 0.309 e. The molecule has 0 aliphatic carbocycles. The number of carbonyl (C=O) groups is 1. The molecular weight excluding hydrogens is 236 g/mol. The van der Waals surface area contributed by atoms with Crippen molar-refractivity contribution in [3.8, 4) is 0 Å². The number of methoxy groups -OCH3 is 1. The first-order valence-electron chi connectivity index (χ1n) is 4.15. The summed E-state index contributed by atoms with van der Waals surface area (Å²) >= 11 is 3.34. The van der Waals surface area contributed by atoms with Crippen LogP contribution < -0.4 is 0 Å². The average molecular weight is 251 g/mol. The number of halogens is 1. The lowest BCUT2D eigenvalue weighted by Gasteiger charge is -2.07. The van der Waals surface area contributed by atoms with E-state index in [1.165, 1.54) is 0 Å². The van der Waals surface area contributed by atoms with Crippen LogP contribution in [-0.4, -0.2) is 24.5 Å². The van der Waals surface area contributed by atoms with Gasteiger partial charge in [-0.05, 0) is 19.9 Å². The largest absolute Gasteiger partial charge is 0.500 e. The standard InChI is InChI=1S/C9H15BrO3/c1-4-13-9(11)6-5-8(12-3)7(2)10/h5,7H,4,6H2,1-3H3/b8-5-. The molecular formula is C9H15BrO3. The molecule has 76 valence electrons. The first-order valence-corrected chi connectivity index (χ1v) is 5.07. The Labute approximate surface area is 87.2 Å². The molecule has 0 aromatic carbocycles. The minimum atomic E-state index is -0.231. The Morgan fingerprint density at radius 3 is 2.62 bits per heavy atom. The van der Waals surface area contributed by atoms with Gasteiger partial charge >= 0.3 is 5.97 Å². The van der Waals surface area contributed by atoms with Gasteiger partial charge in [-0.3, -0.25) is 4.79 Å². The first kappa shape index (κ1) is 12.5. The van der Waals surface area contributed by atoms with Crippen LogP contribution in [0.25, 0.3) is 0 Å². The molecule has 0 amide bonds. The van der Waals surface area contributed by atoms with Gasteiger partial charge in [0.15, 0.2) is 0 Å². The minimum Gasteiger partial charge on any atom is -0.500 e. The second-order valence-corrected chi connectivity index (χ2v) is 3.81. The third-order valence-corrected chi connectivity index (χ3v) is 1.85. The lowest BCUT2D eigenvalue weighted by Crippen LogP contribution is -2.05. The Bertz CT molecular complexity index is 187. The van der Waals surface area contributed by atoms with Crippen LogP contribution in [0.3, 0.4) is 0 Å². The van der Waals surface area contributed by atoms with Gasteiger partial charge in [0.05, 0.1) is 25.0 Å². The molecule has 0 fully saturated rings. The fourth-order valence-electron chi connectivity index (χ4n) is 0.812. The predicted molar refractivity (Wildman–Crippen MR) is 54.7 cm³/mol. The third kappa shape index (κ3) is 5.69. The van der Waals surface area contributed by atoms with Crippen molar-refractivity contribution in [2.24, 2.45) is 0 Å². The average Bonchev–Trinajstić information content (AvgIpc) is 2.05. The van der Waals surface area contributed by atoms with Crippen LogP contribution in [0.5, 0.6) is 0 Å². The number of alkyl halides is 1. The molecule has 0 aromatic rings. The summed E-state index contributed by atoms with van der Waals surface area (Å²) in [6, 6.07) is 0. The second-order valence-electron chi connectivity index (χ2n) is 2.44. The maximum atomic E-state index is 10.9. The highest BCUT2D eigenvalue weighted by Crippen LogP contribution is 2.12. The van der Waals surface area contributed by atoms with E-state index in [1.54, 1.807) is 20.1 Å². The van der Waals surface area contributed by atoms with Crippen LogP contribution >= 0.6 is 15.9 Å². The second kappa shape index (κ2) is 6.95. The van der Waals surface area contributed by atoms with Crippen molar-refractivity contribution in [1.82, 2.24) is 0 Å². The van der Waals surface area contributed by atoms with Gasteiger partial charge in [0.1, 0.15) is 5.76 Å². The van der Waals surface area contributed by atoms with Crippen LogP contribution in [0.2, 0.25) is 0 Å². The first-order chi connectivity index (χ1) is 6.11. The fourth-order valence-corrected chi connectivity index (χ4v) is 1.19. The van der Waals surface area contributed by atoms with Crippen molar-refractivity contribution in [2.45, 2.75) is 25.1 Å². The van der Waals surface area contributed by atoms with E-state index in [4.69, 9.17) is 9.47 Å². The van der Waals surface area contributed by atoms with E-state index in [0.717, 1.165) is 5.76 Å². The molecule has 1 atom stereocenters. The summed E-state index contributed by atoms with van der Waals surface area (Å²) in [4.78, 5) is 11.1. The lowest BCUT2D eigenvalue weighted by atomic mass is 10.3. The van der Waals surface area contributed by atoms with Crippen LogP contribution in [0.15, 0.2) is 11.8 Å². The summed E-state index contributed by atoms with van der Waals surface area (Å²) in [6.07, 6.45) is 1.98. The van der Waals surface area contributed by atoms with Crippen LogP contribution in [-0.2, 0) is 14.3 Å². The van der Waals surface area contributed by atoms with E-state index < -0.39 is 0 Å². The number of esters is 1. The molecule has 0 aliphatic rings. The summed E-state index contributed by atoms with van der Waals surface area (Å²) in [5.41, 5.74) is 0. The quantitative estimate of drug-likeness (QED) is 0.427. The van der Waals surface area contributed by atoms with Gasteiger partial charge in [0, 0.05) is 0 Å². The Kier molecular flexibility index (Phi) is 6.68. The molecule has 0 heterocycles. The monoisotopic (exact) mass is 250 g/mol. The summed E-state index contributed by atoms with van der Waals surface area (Å²) in [5, 5.41) is 0. The topological polar surface area (TPSA) is 35.5 Å². The van der Waals surface area contributed by atoms with Crippen molar-refractivity contribution in [3.63, 3.8) is 0 Å².